The van der Waals surface area contributed by atoms with E-state index in [9.17, 15) is 4.79 Å². The maximum atomic E-state index is 11.4. The summed E-state index contributed by atoms with van der Waals surface area (Å²) in [5.41, 5.74) is 0. The van der Waals surface area contributed by atoms with Crippen LogP contribution in [-0.2, 0) is 11.2 Å². The monoisotopic (exact) mass is 211 g/mol. The van der Waals surface area contributed by atoms with Crippen molar-refractivity contribution in [3.63, 3.8) is 0 Å². The van der Waals surface area contributed by atoms with Crippen LogP contribution in [0.25, 0.3) is 0 Å². The van der Waals surface area contributed by atoms with Crippen LogP contribution in [0.2, 0.25) is 0 Å². The smallest absolute Gasteiger partial charge is 0.220 e. The number of aliphatic hydroxyl groups is 1. The Hall–Kier alpha value is -1.29. The van der Waals surface area contributed by atoms with Crippen LogP contribution in [0.4, 0.5) is 0 Å². The molecule has 0 unspecified atom stereocenters. The first-order chi connectivity index (χ1) is 7.26. The summed E-state index contributed by atoms with van der Waals surface area (Å²) in [5, 5.41) is 11.6. The molecule has 0 aliphatic carbocycles. The molecule has 0 aromatic carbocycles. The Morgan fingerprint density at radius 2 is 2.47 bits per heavy atom. The van der Waals surface area contributed by atoms with Gasteiger partial charge in [0.25, 0.3) is 0 Å². The first-order valence-electron chi connectivity index (χ1n) is 5.18. The first-order valence-corrected chi connectivity index (χ1v) is 5.18. The molecule has 0 spiro atoms. The molecule has 15 heavy (non-hydrogen) atoms. The first kappa shape index (κ1) is 11.8. The molecule has 0 aliphatic heterocycles. The van der Waals surface area contributed by atoms with Crippen molar-refractivity contribution in [3.05, 3.63) is 24.2 Å². The van der Waals surface area contributed by atoms with Gasteiger partial charge in [-0.15, -0.1) is 0 Å². The standard InChI is InChI=1S/C11H17NO3/c1-2-9(8-13)12-11(14)6-5-10-4-3-7-15-10/h3-4,7,9,13H,2,5-6,8H2,1H3,(H,12,14)/t9-/m0/s1. The zero-order valence-corrected chi connectivity index (χ0v) is 8.90. The average molecular weight is 211 g/mol. The molecule has 84 valence electrons. The van der Waals surface area contributed by atoms with Gasteiger partial charge in [0.1, 0.15) is 5.76 Å². The van der Waals surface area contributed by atoms with Crippen molar-refractivity contribution >= 4 is 5.91 Å². The van der Waals surface area contributed by atoms with Gasteiger partial charge in [0.15, 0.2) is 0 Å². The van der Waals surface area contributed by atoms with Crippen LogP contribution >= 0.6 is 0 Å². The van der Waals surface area contributed by atoms with Gasteiger partial charge in [-0.05, 0) is 18.6 Å². The summed E-state index contributed by atoms with van der Waals surface area (Å²) >= 11 is 0. The number of amides is 1. The fraction of sp³-hybridized carbons (Fsp3) is 0.545. The number of aliphatic hydroxyl groups excluding tert-OH is 1. The minimum Gasteiger partial charge on any atom is -0.469 e. The molecule has 1 aromatic rings. The maximum Gasteiger partial charge on any atom is 0.220 e. The largest absolute Gasteiger partial charge is 0.469 e. The molecule has 0 aliphatic rings. The SMILES string of the molecule is CC[C@@H](CO)NC(=O)CCc1ccco1. The summed E-state index contributed by atoms with van der Waals surface area (Å²) in [7, 11) is 0. The van der Waals surface area contributed by atoms with E-state index in [-0.39, 0.29) is 18.6 Å². The van der Waals surface area contributed by atoms with Gasteiger partial charge in [-0.25, -0.2) is 0 Å². The van der Waals surface area contributed by atoms with Gasteiger partial charge >= 0.3 is 0 Å². The Bertz CT molecular complexity index is 278. The topological polar surface area (TPSA) is 62.5 Å². The van der Waals surface area contributed by atoms with Crippen molar-refractivity contribution < 1.29 is 14.3 Å². The number of hydrogen-bond acceptors (Lipinski definition) is 3. The molecule has 0 saturated heterocycles. The second kappa shape index (κ2) is 6.24. The van der Waals surface area contributed by atoms with Crippen LogP contribution in [0.1, 0.15) is 25.5 Å². The normalized spacial score (nSPS) is 12.4. The minimum atomic E-state index is -0.130. The minimum absolute atomic E-state index is 0.0109. The maximum absolute atomic E-state index is 11.4. The van der Waals surface area contributed by atoms with Crippen molar-refractivity contribution in [2.75, 3.05) is 6.61 Å². The Morgan fingerprint density at radius 1 is 1.67 bits per heavy atom. The van der Waals surface area contributed by atoms with Crippen molar-refractivity contribution in [3.8, 4) is 0 Å². The number of nitrogens with one attached hydrogen (secondary N) is 1. The van der Waals surface area contributed by atoms with Gasteiger partial charge in [0, 0.05) is 12.8 Å². The van der Waals surface area contributed by atoms with Gasteiger partial charge in [-0.2, -0.15) is 0 Å². The lowest BCUT2D eigenvalue weighted by atomic mass is 10.2. The quantitative estimate of drug-likeness (QED) is 0.740. The van der Waals surface area contributed by atoms with E-state index in [0.717, 1.165) is 12.2 Å². The van der Waals surface area contributed by atoms with E-state index in [2.05, 4.69) is 5.32 Å². The molecule has 2 N–H and O–H groups in total. The number of hydrogen-bond donors (Lipinski definition) is 2. The van der Waals surface area contributed by atoms with E-state index in [4.69, 9.17) is 9.52 Å². The lowest BCUT2D eigenvalue weighted by molar-refractivity contribution is -0.122. The zero-order chi connectivity index (χ0) is 11.1. The van der Waals surface area contributed by atoms with Crippen molar-refractivity contribution in [2.45, 2.75) is 32.2 Å². The van der Waals surface area contributed by atoms with Crippen molar-refractivity contribution in [1.82, 2.24) is 5.32 Å². The highest BCUT2D eigenvalue weighted by Crippen LogP contribution is 2.03. The van der Waals surface area contributed by atoms with E-state index in [1.165, 1.54) is 0 Å². The summed E-state index contributed by atoms with van der Waals surface area (Å²) in [5.74, 6) is 0.759. The summed E-state index contributed by atoms with van der Waals surface area (Å²) in [6.45, 7) is 1.91. The number of carbonyl (C=O) groups excluding carboxylic acids is 1. The van der Waals surface area contributed by atoms with Crippen LogP contribution in [-0.4, -0.2) is 23.7 Å². The summed E-state index contributed by atoms with van der Waals surface area (Å²) < 4.78 is 5.11. The third-order valence-corrected chi connectivity index (χ3v) is 2.26. The molecule has 1 aromatic heterocycles. The Labute approximate surface area is 89.3 Å². The van der Waals surface area contributed by atoms with E-state index >= 15 is 0 Å². The summed E-state index contributed by atoms with van der Waals surface area (Å²) in [6, 6.07) is 3.51. The van der Waals surface area contributed by atoms with Crippen LogP contribution in [0, 0.1) is 0 Å². The molecule has 0 radical (unpaired) electrons. The van der Waals surface area contributed by atoms with Gasteiger partial charge in [-0.1, -0.05) is 6.92 Å². The van der Waals surface area contributed by atoms with E-state index in [0.29, 0.717) is 12.8 Å². The van der Waals surface area contributed by atoms with Crippen LogP contribution in [0.5, 0.6) is 0 Å². The van der Waals surface area contributed by atoms with Gasteiger partial charge in [-0.3, -0.25) is 4.79 Å². The van der Waals surface area contributed by atoms with Crippen LogP contribution in [0.3, 0.4) is 0 Å². The molecule has 0 fully saturated rings. The predicted molar refractivity (Wildman–Crippen MR) is 56.3 cm³/mol. The third kappa shape index (κ3) is 4.16. The molecular weight excluding hydrogens is 194 g/mol. The molecule has 4 heteroatoms. The zero-order valence-electron chi connectivity index (χ0n) is 8.90. The lowest BCUT2D eigenvalue weighted by Gasteiger charge is -2.13. The molecule has 1 amide bonds. The number of aryl methyl sites for hydroxylation is 1. The van der Waals surface area contributed by atoms with Crippen molar-refractivity contribution in [1.29, 1.82) is 0 Å². The third-order valence-electron chi connectivity index (χ3n) is 2.26. The van der Waals surface area contributed by atoms with Gasteiger partial charge in [0.2, 0.25) is 5.91 Å². The predicted octanol–water partition coefficient (Wildman–Crippen LogP) is 1.10. The second-order valence-electron chi connectivity index (χ2n) is 3.43. The second-order valence-corrected chi connectivity index (χ2v) is 3.43. The van der Waals surface area contributed by atoms with E-state index in [1.54, 1.807) is 12.3 Å². The van der Waals surface area contributed by atoms with Crippen LogP contribution in [0.15, 0.2) is 22.8 Å². The molecule has 0 saturated carbocycles. The fourth-order valence-corrected chi connectivity index (χ4v) is 1.27. The fourth-order valence-electron chi connectivity index (χ4n) is 1.27. The van der Waals surface area contributed by atoms with E-state index < -0.39 is 0 Å². The Kier molecular flexibility index (Phi) is 4.90. The molecule has 1 heterocycles. The highest BCUT2D eigenvalue weighted by Gasteiger charge is 2.09. The van der Waals surface area contributed by atoms with Crippen LogP contribution < -0.4 is 5.32 Å². The van der Waals surface area contributed by atoms with E-state index in [1.807, 2.05) is 13.0 Å². The van der Waals surface area contributed by atoms with Gasteiger partial charge < -0.3 is 14.8 Å². The summed E-state index contributed by atoms with van der Waals surface area (Å²) in [6.07, 6.45) is 3.32. The molecule has 1 rings (SSSR count). The highest BCUT2D eigenvalue weighted by molar-refractivity contribution is 5.76. The molecule has 0 bridgehead atoms. The molecular formula is C11H17NO3. The van der Waals surface area contributed by atoms with Crippen molar-refractivity contribution in [2.24, 2.45) is 0 Å². The molecule has 4 nitrogen and oxygen atoms in total. The lowest BCUT2D eigenvalue weighted by Crippen LogP contribution is -2.36. The Balaban J connectivity index is 2.24. The summed E-state index contributed by atoms with van der Waals surface area (Å²) in [4.78, 5) is 11.4. The number of carbonyl (C=O) groups is 1. The molecule has 1 atom stereocenters. The van der Waals surface area contributed by atoms with Gasteiger partial charge in [0.05, 0.1) is 18.9 Å². The average Bonchev–Trinajstić information content (AvgIpc) is 2.75. The number of furan rings is 1. The number of rotatable bonds is 6. The highest BCUT2D eigenvalue weighted by atomic mass is 16.3. The Morgan fingerprint density at radius 3 is 3.00 bits per heavy atom.